The minimum absolute atomic E-state index is 0.0176. The Morgan fingerprint density at radius 3 is 2.81 bits per heavy atom. The first-order chi connectivity index (χ1) is 12.5. The molecule has 0 radical (unpaired) electrons. The Kier molecular flexibility index (Phi) is 4.62. The second-order valence-corrected chi connectivity index (χ2v) is 9.42. The van der Waals surface area contributed by atoms with Gasteiger partial charge in [-0.1, -0.05) is 0 Å². The third-order valence-corrected chi connectivity index (χ3v) is 7.35. The Balaban J connectivity index is 1.41. The van der Waals surface area contributed by atoms with Gasteiger partial charge in [0.05, 0.1) is 10.6 Å². The van der Waals surface area contributed by atoms with Crippen molar-refractivity contribution in [3.8, 4) is 11.5 Å². The van der Waals surface area contributed by atoms with Crippen LogP contribution in [0.25, 0.3) is 0 Å². The van der Waals surface area contributed by atoms with Gasteiger partial charge in [-0.2, -0.15) is 0 Å². The van der Waals surface area contributed by atoms with Crippen LogP contribution in [0.2, 0.25) is 0 Å². The van der Waals surface area contributed by atoms with E-state index in [-0.39, 0.29) is 23.0 Å². The van der Waals surface area contributed by atoms with Crippen LogP contribution in [0.3, 0.4) is 0 Å². The van der Waals surface area contributed by atoms with Gasteiger partial charge < -0.3 is 14.4 Å². The molecule has 0 N–H and O–H groups in total. The largest absolute Gasteiger partial charge is 0.486 e. The van der Waals surface area contributed by atoms with E-state index in [1.54, 1.807) is 22.3 Å². The molecular weight excluding hydrogens is 374 g/mol. The summed E-state index contributed by atoms with van der Waals surface area (Å²) < 4.78 is 36.0. The molecule has 2 aliphatic rings. The molecule has 2 aromatic rings. The molecule has 3 heterocycles. The fourth-order valence-corrected chi connectivity index (χ4v) is 5.31. The summed E-state index contributed by atoms with van der Waals surface area (Å²) in [6.07, 6.45) is 0.823. The highest BCUT2D eigenvalue weighted by Crippen LogP contribution is 2.32. The van der Waals surface area contributed by atoms with E-state index in [0.29, 0.717) is 37.8 Å². The highest BCUT2D eigenvalue weighted by molar-refractivity contribution is 7.91. The topological polar surface area (TPSA) is 72.9 Å². The minimum Gasteiger partial charge on any atom is -0.486 e. The lowest BCUT2D eigenvalue weighted by molar-refractivity contribution is -0.131. The normalized spacial score (nSPS) is 16.2. The van der Waals surface area contributed by atoms with E-state index in [2.05, 4.69) is 0 Å². The van der Waals surface area contributed by atoms with Gasteiger partial charge in [-0.15, -0.1) is 11.3 Å². The number of carbonyl (C=O) groups excluding carboxylic acids is 1. The van der Waals surface area contributed by atoms with Crippen LogP contribution in [-0.2, 0) is 27.6 Å². The molecule has 6 nitrogen and oxygen atoms in total. The first-order valence-electron chi connectivity index (χ1n) is 8.48. The molecule has 0 bridgehead atoms. The number of benzene rings is 1. The van der Waals surface area contributed by atoms with Crippen molar-refractivity contribution in [1.82, 2.24) is 4.90 Å². The summed E-state index contributed by atoms with van der Waals surface area (Å²) in [6, 6.07) is 6.62. The molecule has 1 aromatic heterocycles. The Morgan fingerprint density at radius 2 is 1.96 bits per heavy atom. The van der Waals surface area contributed by atoms with E-state index in [4.69, 9.17) is 9.47 Å². The molecule has 0 unspecified atom stereocenters. The molecule has 2 aliphatic heterocycles. The van der Waals surface area contributed by atoms with Gasteiger partial charge in [0.1, 0.15) is 13.2 Å². The lowest BCUT2D eigenvalue weighted by atomic mass is 10.1. The van der Waals surface area contributed by atoms with Crippen LogP contribution in [0, 0.1) is 0 Å². The molecule has 0 atom stereocenters. The maximum atomic E-state index is 12.6. The van der Waals surface area contributed by atoms with Crippen LogP contribution in [0.15, 0.2) is 34.5 Å². The number of rotatable bonds is 4. The fraction of sp³-hybridized carbons (Fsp3) is 0.389. The van der Waals surface area contributed by atoms with Crippen LogP contribution in [0.4, 0.5) is 0 Å². The van der Waals surface area contributed by atoms with Gasteiger partial charge in [0.25, 0.3) is 0 Å². The summed E-state index contributed by atoms with van der Waals surface area (Å²) in [6.45, 7) is 2.07. The van der Waals surface area contributed by atoms with E-state index in [1.807, 2.05) is 11.4 Å². The third-order valence-electron chi connectivity index (χ3n) is 4.62. The molecule has 1 amide bonds. The number of hydrogen-bond acceptors (Lipinski definition) is 6. The second kappa shape index (κ2) is 6.92. The van der Waals surface area contributed by atoms with E-state index in [0.717, 1.165) is 6.42 Å². The Bertz CT molecular complexity index is 935. The van der Waals surface area contributed by atoms with E-state index in [9.17, 15) is 13.2 Å². The summed E-state index contributed by atoms with van der Waals surface area (Å²) in [7, 11) is -3.56. The first kappa shape index (κ1) is 17.4. The summed E-state index contributed by atoms with van der Waals surface area (Å²) >= 11 is 1.71. The summed E-state index contributed by atoms with van der Waals surface area (Å²) in [5, 5.41) is 2.03. The van der Waals surface area contributed by atoms with Gasteiger partial charge in [-0.05, 0) is 35.6 Å². The van der Waals surface area contributed by atoms with Gasteiger partial charge in [0.2, 0.25) is 5.91 Å². The highest BCUT2D eigenvalue weighted by Gasteiger charge is 2.25. The molecule has 0 spiro atoms. The molecular formula is C18H19NO5S2. The monoisotopic (exact) mass is 393 g/mol. The van der Waals surface area contributed by atoms with Gasteiger partial charge >= 0.3 is 0 Å². The average Bonchev–Trinajstić information content (AvgIpc) is 3.13. The zero-order valence-electron chi connectivity index (χ0n) is 14.1. The summed E-state index contributed by atoms with van der Waals surface area (Å²) in [5.74, 6) is 0.650. The van der Waals surface area contributed by atoms with Crippen molar-refractivity contribution in [2.24, 2.45) is 0 Å². The maximum Gasteiger partial charge on any atom is 0.223 e. The zero-order chi connectivity index (χ0) is 18.1. The zero-order valence-corrected chi connectivity index (χ0v) is 15.8. The van der Waals surface area contributed by atoms with E-state index in [1.165, 1.54) is 22.6 Å². The molecule has 8 heteroatoms. The standard InChI is InChI=1S/C18H19NO5S2/c20-18(19-6-3-17-13(12-19)4-9-25-17)5-10-26(21,22)14-1-2-15-16(11-14)24-8-7-23-15/h1-2,4,9,11H,3,5-8,10,12H2. The smallest absolute Gasteiger partial charge is 0.223 e. The predicted octanol–water partition coefficient (Wildman–Crippen LogP) is 2.27. The third kappa shape index (κ3) is 3.43. The molecule has 0 fully saturated rings. The lowest BCUT2D eigenvalue weighted by Crippen LogP contribution is -2.36. The second-order valence-electron chi connectivity index (χ2n) is 6.31. The van der Waals surface area contributed by atoms with Gasteiger partial charge in [0, 0.05) is 30.5 Å². The number of amides is 1. The molecule has 1 aromatic carbocycles. The van der Waals surface area contributed by atoms with Crippen molar-refractivity contribution >= 4 is 27.1 Å². The van der Waals surface area contributed by atoms with Crippen LogP contribution in [-0.4, -0.2) is 44.7 Å². The molecule has 0 saturated carbocycles. The highest BCUT2D eigenvalue weighted by atomic mass is 32.2. The van der Waals surface area contributed by atoms with E-state index >= 15 is 0 Å². The van der Waals surface area contributed by atoms with E-state index < -0.39 is 9.84 Å². The predicted molar refractivity (Wildman–Crippen MR) is 97.5 cm³/mol. The van der Waals surface area contributed by atoms with Crippen molar-refractivity contribution in [2.45, 2.75) is 24.3 Å². The van der Waals surface area contributed by atoms with Crippen molar-refractivity contribution in [3.05, 3.63) is 40.1 Å². The first-order valence-corrected chi connectivity index (χ1v) is 11.0. The number of sulfone groups is 1. The van der Waals surface area contributed by atoms with Crippen LogP contribution < -0.4 is 9.47 Å². The maximum absolute atomic E-state index is 12.6. The van der Waals surface area contributed by atoms with Crippen molar-refractivity contribution < 1.29 is 22.7 Å². The average molecular weight is 393 g/mol. The molecule has 138 valence electrons. The quantitative estimate of drug-likeness (QED) is 0.797. The number of fused-ring (bicyclic) bond motifs is 2. The Morgan fingerprint density at radius 1 is 1.15 bits per heavy atom. The number of carbonyl (C=O) groups is 1. The van der Waals surface area contributed by atoms with Crippen LogP contribution in [0.1, 0.15) is 16.9 Å². The summed E-state index contributed by atoms with van der Waals surface area (Å²) in [5.41, 5.74) is 1.17. The van der Waals surface area contributed by atoms with Crippen molar-refractivity contribution in [3.63, 3.8) is 0 Å². The lowest BCUT2D eigenvalue weighted by Gasteiger charge is -2.27. The Hall–Kier alpha value is -2.06. The number of thiophene rings is 1. The SMILES string of the molecule is O=C(CCS(=O)(=O)c1ccc2c(c1)OCCO2)N1CCc2sccc2C1. The van der Waals surface area contributed by atoms with Crippen molar-refractivity contribution in [2.75, 3.05) is 25.5 Å². The molecule has 4 rings (SSSR count). The number of ether oxygens (including phenoxy) is 2. The van der Waals surface area contributed by atoms with Crippen LogP contribution in [0.5, 0.6) is 11.5 Å². The number of hydrogen-bond donors (Lipinski definition) is 0. The molecule has 26 heavy (non-hydrogen) atoms. The molecule has 0 saturated heterocycles. The number of nitrogens with zero attached hydrogens (tertiary/aromatic N) is 1. The van der Waals surface area contributed by atoms with Gasteiger partial charge in [-0.3, -0.25) is 4.79 Å². The summed E-state index contributed by atoms with van der Waals surface area (Å²) in [4.78, 5) is 15.7. The van der Waals surface area contributed by atoms with Gasteiger partial charge in [-0.25, -0.2) is 8.42 Å². The van der Waals surface area contributed by atoms with Crippen LogP contribution >= 0.6 is 11.3 Å². The Labute approximate surface area is 156 Å². The molecule has 0 aliphatic carbocycles. The van der Waals surface area contributed by atoms with Crippen molar-refractivity contribution in [1.29, 1.82) is 0 Å². The fourth-order valence-electron chi connectivity index (χ4n) is 3.18. The minimum atomic E-state index is -3.56. The van der Waals surface area contributed by atoms with Gasteiger partial charge in [0.15, 0.2) is 21.3 Å².